The van der Waals surface area contributed by atoms with Gasteiger partial charge in [-0.1, -0.05) is 18.2 Å². The fraction of sp³-hybridized carbons (Fsp3) is 0.391. The first kappa shape index (κ1) is 21.5. The van der Waals surface area contributed by atoms with Gasteiger partial charge in [0.2, 0.25) is 0 Å². The molecule has 0 unspecified atom stereocenters. The first-order valence-electron chi connectivity index (χ1n) is 10.3. The first-order valence-corrected chi connectivity index (χ1v) is 10.3. The van der Waals surface area contributed by atoms with Gasteiger partial charge in [-0.15, -0.1) is 0 Å². The second-order valence-corrected chi connectivity index (χ2v) is 7.10. The number of hydrogen-bond donors (Lipinski definition) is 2. The molecule has 160 valence electrons. The summed E-state index contributed by atoms with van der Waals surface area (Å²) < 4.78 is 11.3. The molecule has 7 heteroatoms. The molecule has 2 aromatic rings. The van der Waals surface area contributed by atoms with Crippen molar-refractivity contribution in [3.8, 4) is 11.5 Å². The molecule has 0 aromatic heterocycles. The molecule has 1 aliphatic rings. The normalized spacial score (nSPS) is 13.0. The van der Waals surface area contributed by atoms with Crippen LogP contribution in [0, 0.1) is 0 Å². The maximum atomic E-state index is 11.8. The molecule has 0 radical (unpaired) electrons. The predicted molar refractivity (Wildman–Crippen MR) is 118 cm³/mol. The van der Waals surface area contributed by atoms with Crippen molar-refractivity contribution in [3.05, 3.63) is 59.2 Å². The van der Waals surface area contributed by atoms with Gasteiger partial charge >= 0.3 is 0 Å². The first-order chi connectivity index (χ1) is 14.6. The number of hydrogen-bond acceptors (Lipinski definition) is 4. The lowest BCUT2D eigenvalue weighted by atomic mass is 10.1. The largest absolute Gasteiger partial charge is 0.486 e. The van der Waals surface area contributed by atoms with E-state index >= 15 is 0 Å². The van der Waals surface area contributed by atoms with E-state index in [1.54, 1.807) is 7.05 Å². The Morgan fingerprint density at radius 1 is 1.10 bits per heavy atom. The third-order valence-electron chi connectivity index (χ3n) is 4.80. The number of amides is 1. The molecule has 1 amide bonds. The van der Waals surface area contributed by atoms with E-state index in [1.165, 1.54) is 0 Å². The Balaban J connectivity index is 1.63. The highest BCUT2D eigenvalue weighted by molar-refractivity contribution is 5.94. The van der Waals surface area contributed by atoms with Gasteiger partial charge in [0.15, 0.2) is 17.5 Å². The fourth-order valence-corrected chi connectivity index (χ4v) is 3.31. The Hall–Kier alpha value is -3.22. The molecule has 0 aliphatic carbocycles. The Kier molecular flexibility index (Phi) is 7.54. The number of rotatable bonds is 7. The lowest BCUT2D eigenvalue weighted by molar-refractivity contribution is 0.0963. The van der Waals surface area contributed by atoms with Gasteiger partial charge < -0.3 is 25.0 Å². The minimum absolute atomic E-state index is 0.0761. The monoisotopic (exact) mass is 410 g/mol. The van der Waals surface area contributed by atoms with Crippen LogP contribution in [0.3, 0.4) is 0 Å². The number of guanidine groups is 1. The van der Waals surface area contributed by atoms with E-state index in [-0.39, 0.29) is 5.91 Å². The molecule has 0 spiro atoms. The van der Waals surface area contributed by atoms with Crippen molar-refractivity contribution in [2.75, 3.05) is 40.4 Å². The average Bonchev–Trinajstić information content (AvgIpc) is 2.78. The zero-order valence-corrected chi connectivity index (χ0v) is 17.9. The molecule has 30 heavy (non-hydrogen) atoms. The van der Waals surface area contributed by atoms with Crippen LogP contribution in [-0.2, 0) is 13.0 Å². The average molecular weight is 411 g/mol. The summed E-state index contributed by atoms with van der Waals surface area (Å²) in [6.45, 7) is 5.35. The van der Waals surface area contributed by atoms with Crippen molar-refractivity contribution >= 4 is 11.9 Å². The molecular weight excluding hydrogens is 380 g/mol. The van der Waals surface area contributed by atoms with Crippen LogP contribution in [-0.4, -0.2) is 57.2 Å². The third kappa shape index (κ3) is 5.65. The molecule has 0 saturated carbocycles. The SMILES string of the molecule is CCNC(=NCCc1cccc(C(=O)NC)c1)N(C)Cc1ccc2c(c1)OCCO2. The van der Waals surface area contributed by atoms with Crippen LogP contribution in [0.1, 0.15) is 28.4 Å². The maximum Gasteiger partial charge on any atom is 0.251 e. The number of nitrogens with zero attached hydrogens (tertiary/aromatic N) is 2. The van der Waals surface area contributed by atoms with Crippen molar-refractivity contribution in [3.63, 3.8) is 0 Å². The molecule has 3 rings (SSSR count). The minimum atomic E-state index is -0.0761. The van der Waals surface area contributed by atoms with Gasteiger partial charge in [-0.05, 0) is 48.7 Å². The Bertz CT molecular complexity index is 898. The van der Waals surface area contributed by atoms with E-state index in [0.717, 1.165) is 41.6 Å². The molecule has 0 bridgehead atoms. The highest BCUT2D eigenvalue weighted by atomic mass is 16.6. The summed E-state index contributed by atoms with van der Waals surface area (Å²) in [6.07, 6.45) is 0.762. The Morgan fingerprint density at radius 3 is 2.67 bits per heavy atom. The zero-order valence-electron chi connectivity index (χ0n) is 17.9. The van der Waals surface area contributed by atoms with Gasteiger partial charge in [-0.25, -0.2) is 0 Å². The smallest absolute Gasteiger partial charge is 0.251 e. The van der Waals surface area contributed by atoms with Crippen LogP contribution in [0.5, 0.6) is 11.5 Å². The van der Waals surface area contributed by atoms with Gasteiger partial charge in [0.1, 0.15) is 13.2 Å². The van der Waals surface area contributed by atoms with Gasteiger partial charge in [0, 0.05) is 39.3 Å². The Labute approximate surface area is 178 Å². The van der Waals surface area contributed by atoms with Crippen molar-refractivity contribution in [1.82, 2.24) is 15.5 Å². The van der Waals surface area contributed by atoms with Crippen molar-refractivity contribution in [2.24, 2.45) is 4.99 Å². The molecule has 1 aliphatic heterocycles. The van der Waals surface area contributed by atoms with Crippen LogP contribution < -0.4 is 20.1 Å². The van der Waals surface area contributed by atoms with Gasteiger partial charge in [-0.3, -0.25) is 9.79 Å². The number of carbonyl (C=O) groups excluding carboxylic acids is 1. The zero-order chi connectivity index (χ0) is 21.3. The molecule has 0 saturated heterocycles. The third-order valence-corrected chi connectivity index (χ3v) is 4.80. The quantitative estimate of drug-likeness (QED) is 0.542. The number of fused-ring (bicyclic) bond motifs is 1. The number of benzene rings is 2. The maximum absolute atomic E-state index is 11.8. The summed E-state index contributed by atoms with van der Waals surface area (Å²) in [6, 6.07) is 13.7. The van der Waals surface area contributed by atoms with Crippen LogP contribution >= 0.6 is 0 Å². The van der Waals surface area contributed by atoms with Crippen molar-refractivity contribution in [2.45, 2.75) is 19.9 Å². The minimum Gasteiger partial charge on any atom is -0.486 e. The van der Waals surface area contributed by atoms with E-state index in [2.05, 4.69) is 28.5 Å². The molecule has 2 aromatic carbocycles. The second-order valence-electron chi connectivity index (χ2n) is 7.10. The van der Waals surface area contributed by atoms with Crippen molar-refractivity contribution < 1.29 is 14.3 Å². The number of aliphatic imine (C=N–C) groups is 1. The summed E-state index contributed by atoms with van der Waals surface area (Å²) >= 11 is 0. The standard InChI is InChI=1S/C23H30N4O3/c1-4-25-23(26-11-10-17-6-5-7-19(14-17)22(28)24-2)27(3)16-18-8-9-20-21(15-18)30-13-12-29-20/h5-9,14-15H,4,10-13,16H2,1-3H3,(H,24,28)(H,25,26). The predicted octanol–water partition coefficient (Wildman–Crippen LogP) is 2.46. The summed E-state index contributed by atoms with van der Waals surface area (Å²) in [7, 11) is 3.66. The van der Waals surface area contributed by atoms with Crippen molar-refractivity contribution in [1.29, 1.82) is 0 Å². The number of carbonyl (C=O) groups is 1. The molecule has 1 heterocycles. The van der Waals surface area contributed by atoms with Gasteiger partial charge in [0.05, 0.1) is 0 Å². The lowest BCUT2D eigenvalue weighted by Crippen LogP contribution is -2.38. The molecular formula is C23H30N4O3. The fourth-order valence-electron chi connectivity index (χ4n) is 3.31. The molecule has 0 atom stereocenters. The van der Waals surface area contributed by atoms with Crippen LogP contribution in [0.15, 0.2) is 47.5 Å². The molecule has 0 fully saturated rings. The van der Waals surface area contributed by atoms with E-state index < -0.39 is 0 Å². The number of ether oxygens (including phenoxy) is 2. The van der Waals surface area contributed by atoms with Gasteiger partial charge in [0.25, 0.3) is 5.91 Å². The van der Waals surface area contributed by atoms with Crippen LogP contribution in [0.4, 0.5) is 0 Å². The highest BCUT2D eigenvalue weighted by Crippen LogP contribution is 2.31. The molecule has 7 nitrogen and oxygen atoms in total. The summed E-state index contributed by atoms with van der Waals surface area (Å²) in [5.74, 6) is 2.36. The summed E-state index contributed by atoms with van der Waals surface area (Å²) in [5.41, 5.74) is 2.89. The van der Waals surface area contributed by atoms with Gasteiger partial charge in [-0.2, -0.15) is 0 Å². The second kappa shape index (κ2) is 10.5. The topological polar surface area (TPSA) is 75.2 Å². The van der Waals surface area contributed by atoms with E-state index in [4.69, 9.17) is 14.5 Å². The lowest BCUT2D eigenvalue weighted by Gasteiger charge is -2.24. The van der Waals surface area contributed by atoms with E-state index in [9.17, 15) is 4.79 Å². The van der Waals surface area contributed by atoms with Crippen LogP contribution in [0.2, 0.25) is 0 Å². The highest BCUT2D eigenvalue weighted by Gasteiger charge is 2.13. The Morgan fingerprint density at radius 2 is 1.90 bits per heavy atom. The van der Waals surface area contributed by atoms with E-state index in [0.29, 0.717) is 31.9 Å². The molecule has 2 N–H and O–H groups in total. The summed E-state index contributed by atoms with van der Waals surface area (Å²) in [5, 5.41) is 6.00. The van der Waals surface area contributed by atoms with Crippen LogP contribution in [0.25, 0.3) is 0 Å². The summed E-state index contributed by atoms with van der Waals surface area (Å²) in [4.78, 5) is 18.7. The number of nitrogens with one attached hydrogen (secondary N) is 2. The van der Waals surface area contributed by atoms with E-state index in [1.807, 2.05) is 43.4 Å².